The van der Waals surface area contributed by atoms with E-state index >= 15 is 0 Å². The van der Waals surface area contributed by atoms with Gasteiger partial charge in [0.2, 0.25) is 11.7 Å². The summed E-state index contributed by atoms with van der Waals surface area (Å²) in [6, 6.07) is 7.31. The van der Waals surface area contributed by atoms with Crippen molar-refractivity contribution < 1.29 is 14.1 Å². The van der Waals surface area contributed by atoms with Crippen molar-refractivity contribution >= 4 is 18.3 Å². The number of aromatic nitrogens is 2. The first-order valence-corrected chi connectivity index (χ1v) is 9.77. The SMILES string of the molecule is CCc1nc(COc2ccc(C(=O)N3CC[C@@H]4CNC[C@@H]4CC3)cc2)no1.Cl. The number of halogens is 1. The van der Waals surface area contributed by atoms with Gasteiger partial charge in [0.25, 0.3) is 5.91 Å². The van der Waals surface area contributed by atoms with Crippen molar-refractivity contribution in [3.63, 3.8) is 0 Å². The molecule has 2 aliphatic heterocycles. The Bertz CT molecular complexity index is 766. The topological polar surface area (TPSA) is 80.5 Å². The molecule has 7 nitrogen and oxygen atoms in total. The van der Waals surface area contributed by atoms with Gasteiger partial charge >= 0.3 is 0 Å². The molecule has 1 N–H and O–H groups in total. The zero-order chi connectivity index (χ0) is 18.6. The average molecular weight is 407 g/mol. The van der Waals surface area contributed by atoms with Gasteiger partial charge in [0.05, 0.1) is 0 Å². The minimum absolute atomic E-state index is 0. The molecule has 2 saturated heterocycles. The highest BCUT2D eigenvalue weighted by Gasteiger charge is 2.31. The highest BCUT2D eigenvalue weighted by atomic mass is 35.5. The monoisotopic (exact) mass is 406 g/mol. The second-order valence-corrected chi connectivity index (χ2v) is 7.32. The largest absolute Gasteiger partial charge is 0.485 e. The Morgan fingerprint density at radius 1 is 1.21 bits per heavy atom. The number of nitrogens with zero attached hydrogens (tertiary/aromatic N) is 3. The smallest absolute Gasteiger partial charge is 0.253 e. The van der Waals surface area contributed by atoms with E-state index in [1.807, 2.05) is 36.1 Å². The Labute approximate surface area is 171 Å². The number of ether oxygens (including phenoxy) is 1. The van der Waals surface area contributed by atoms with Crippen LogP contribution in [0.1, 0.15) is 41.8 Å². The summed E-state index contributed by atoms with van der Waals surface area (Å²) in [4.78, 5) is 19.1. The van der Waals surface area contributed by atoms with Crippen LogP contribution in [0.25, 0.3) is 0 Å². The fraction of sp³-hybridized carbons (Fsp3) is 0.550. The Hall–Kier alpha value is -2.12. The normalized spacial score (nSPS) is 21.5. The zero-order valence-corrected chi connectivity index (χ0v) is 16.9. The molecule has 2 aromatic rings. The van der Waals surface area contributed by atoms with Crippen LogP contribution in [0, 0.1) is 11.8 Å². The number of carbonyl (C=O) groups is 1. The van der Waals surface area contributed by atoms with Crippen molar-refractivity contribution in [3.8, 4) is 5.75 Å². The minimum atomic E-state index is 0. The second-order valence-electron chi connectivity index (χ2n) is 7.32. The quantitative estimate of drug-likeness (QED) is 0.822. The first-order valence-electron chi connectivity index (χ1n) is 9.77. The summed E-state index contributed by atoms with van der Waals surface area (Å²) in [7, 11) is 0. The van der Waals surface area contributed by atoms with E-state index in [1.165, 1.54) is 0 Å². The van der Waals surface area contributed by atoms with Crippen molar-refractivity contribution in [2.24, 2.45) is 11.8 Å². The van der Waals surface area contributed by atoms with Gasteiger partial charge in [-0.05, 0) is 62.0 Å². The third-order valence-electron chi connectivity index (χ3n) is 5.59. The molecule has 8 heteroatoms. The molecule has 0 radical (unpaired) electrons. The maximum absolute atomic E-state index is 12.8. The van der Waals surface area contributed by atoms with Crippen molar-refractivity contribution in [3.05, 3.63) is 41.5 Å². The van der Waals surface area contributed by atoms with Gasteiger partial charge in [-0.15, -0.1) is 12.4 Å². The number of hydrogen-bond donors (Lipinski definition) is 1. The summed E-state index contributed by atoms with van der Waals surface area (Å²) in [5.41, 5.74) is 0.709. The molecule has 0 spiro atoms. The van der Waals surface area contributed by atoms with E-state index in [2.05, 4.69) is 15.5 Å². The molecule has 1 aromatic carbocycles. The molecule has 2 aliphatic rings. The van der Waals surface area contributed by atoms with E-state index in [9.17, 15) is 4.79 Å². The molecule has 1 aromatic heterocycles. The standard InChI is InChI=1S/C20H26N4O3.ClH/c1-2-19-22-18(23-27-19)13-26-17-5-3-14(4-6-17)20(25)24-9-7-15-11-21-12-16(15)8-10-24;/h3-6,15-16,21H,2,7-13H2,1H3;1H/t15-,16+;. The Morgan fingerprint density at radius 2 is 1.89 bits per heavy atom. The van der Waals surface area contributed by atoms with Crippen LogP contribution in [0.3, 0.4) is 0 Å². The molecule has 0 unspecified atom stereocenters. The van der Waals surface area contributed by atoms with Gasteiger partial charge in [0.15, 0.2) is 6.61 Å². The number of aryl methyl sites for hydroxylation is 1. The van der Waals surface area contributed by atoms with Crippen molar-refractivity contribution in [1.82, 2.24) is 20.4 Å². The maximum Gasteiger partial charge on any atom is 0.253 e. The summed E-state index contributed by atoms with van der Waals surface area (Å²) in [6.07, 6.45) is 2.89. The van der Waals surface area contributed by atoms with E-state index in [-0.39, 0.29) is 24.9 Å². The molecule has 2 atom stereocenters. The molecule has 4 rings (SSSR count). The van der Waals surface area contributed by atoms with Crippen LogP contribution in [-0.4, -0.2) is 47.1 Å². The van der Waals surface area contributed by atoms with Crippen molar-refractivity contribution in [1.29, 1.82) is 0 Å². The summed E-state index contributed by atoms with van der Waals surface area (Å²) in [5.74, 6) is 3.36. The summed E-state index contributed by atoms with van der Waals surface area (Å²) in [6.45, 7) is 6.09. The van der Waals surface area contributed by atoms with Crippen molar-refractivity contribution in [2.45, 2.75) is 32.8 Å². The molecule has 28 heavy (non-hydrogen) atoms. The molecule has 152 valence electrons. The van der Waals surface area contributed by atoms with Crippen LogP contribution < -0.4 is 10.1 Å². The predicted molar refractivity (Wildman–Crippen MR) is 107 cm³/mol. The Morgan fingerprint density at radius 3 is 2.50 bits per heavy atom. The lowest BCUT2D eigenvalue weighted by Gasteiger charge is -2.21. The number of nitrogens with one attached hydrogen (secondary N) is 1. The lowest BCUT2D eigenvalue weighted by Crippen LogP contribution is -2.32. The summed E-state index contributed by atoms with van der Waals surface area (Å²) in [5, 5.41) is 7.34. The van der Waals surface area contributed by atoms with Gasteiger partial charge in [-0.2, -0.15) is 4.98 Å². The molecule has 3 heterocycles. The van der Waals surface area contributed by atoms with Gasteiger partial charge in [-0.1, -0.05) is 12.1 Å². The zero-order valence-electron chi connectivity index (χ0n) is 16.1. The lowest BCUT2D eigenvalue weighted by molar-refractivity contribution is 0.0758. The van der Waals surface area contributed by atoms with Crippen LogP contribution >= 0.6 is 12.4 Å². The number of benzene rings is 1. The van der Waals surface area contributed by atoms with Crippen LogP contribution in [0.5, 0.6) is 5.75 Å². The van der Waals surface area contributed by atoms with E-state index in [4.69, 9.17) is 9.26 Å². The van der Waals surface area contributed by atoms with E-state index < -0.39 is 0 Å². The van der Waals surface area contributed by atoms with Crippen LogP contribution in [0.2, 0.25) is 0 Å². The first-order chi connectivity index (χ1) is 13.2. The van der Waals surface area contributed by atoms with E-state index in [1.54, 1.807) is 0 Å². The van der Waals surface area contributed by atoms with Gasteiger partial charge in [0.1, 0.15) is 5.75 Å². The molecule has 1 amide bonds. The van der Waals surface area contributed by atoms with E-state index in [0.717, 1.165) is 50.9 Å². The number of rotatable bonds is 5. The van der Waals surface area contributed by atoms with Gasteiger partial charge in [0, 0.05) is 25.1 Å². The second kappa shape index (κ2) is 9.39. The fourth-order valence-corrected chi connectivity index (χ4v) is 3.94. The maximum atomic E-state index is 12.8. The molecule has 0 aliphatic carbocycles. The highest BCUT2D eigenvalue weighted by Crippen LogP contribution is 2.28. The number of fused-ring (bicyclic) bond motifs is 1. The number of carbonyl (C=O) groups excluding carboxylic acids is 1. The van der Waals surface area contributed by atoms with Crippen LogP contribution in [0.15, 0.2) is 28.8 Å². The van der Waals surface area contributed by atoms with Crippen molar-refractivity contribution in [2.75, 3.05) is 26.2 Å². The molecular formula is C20H27ClN4O3. The molecular weight excluding hydrogens is 380 g/mol. The molecule has 0 saturated carbocycles. The van der Waals surface area contributed by atoms with Gasteiger partial charge < -0.3 is 19.5 Å². The Balaban J connectivity index is 0.00000225. The number of likely N-dealkylation sites (tertiary alicyclic amines) is 1. The van der Waals surface area contributed by atoms with Gasteiger partial charge in [-0.25, -0.2) is 0 Å². The summed E-state index contributed by atoms with van der Waals surface area (Å²) >= 11 is 0. The minimum Gasteiger partial charge on any atom is -0.485 e. The third-order valence-corrected chi connectivity index (χ3v) is 5.59. The number of hydrogen-bond acceptors (Lipinski definition) is 6. The fourth-order valence-electron chi connectivity index (χ4n) is 3.94. The average Bonchev–Trinajstić information content (AvgIpc) is 3.31. The number of amides is 1. The third kappa shape index (κ3) is 4.64. The lowest BCUT2D eigenvalue weighted by atomic mass is 9.92. The summed E-state index contributed by atoms with van der Waals surface area (Å²) < 4.78 is 10.7. The molecule has 2 fully saturated rings. The Kier molecular flexibility index (Phi) is 6.91. The van der Waals surface area contributed by atoms with E-state index in [0.29, 0.717) is 29.4 Å². The van der Waals surface area contributed by atoms with Crippen LogP contribution in [0.4, 0.5) is 0 Å². The van der Waals surface area contributed by atoms with Crippen LogP contribution in [-0.2, 0) is 13.0 Å². The molecule has 0 bridgehead atoms. The predicted octanol–water partition coefficient (Wildman–Crippen LogP) is 2.70. The first kappa shape index (κ1) is 20.6. The highest BCUT2D eigenvalue weighted by molar-refractivity contribution is 5.94. The van der Waals surface area contributed by atoms with Gasteiger partial charge in [-0.3, -0.25) is 4.79 Å².